The van der Waals surface area contributed by atoms with Crippen molar-refractivity contribution in [1.29, 1.82) is 0 Å². The second-order valence-electron chi connectivity index (χ2n) is 6.54. The van der Waals surface area contributed by atoms with Crippen LogP contribution < -0.4 is 10.1 Å². The number of benzene rings is 2. The third kappa shape index (κ3) is 3.46. The highest BCUT2D eigenvalue weighted by atomic mass is 16.5. The molecule has 0 aliphatic carbocycles. The van der Waals surface area contributed by atoms with Gasteiger partial charge in [-0.1, -0.05) is 35.4 Å². The van der Waals surface area contributed by atoms with Gasteiger partial charge in [-0.15, -0.1) is 5.10 Å². The monoisotopic (exact) mass is 377 g/mol. The number of rotatable bonds is 5. The predicted molar refractivity (Wildman–Crippen MR) is 104 cm³/mol. The maximum Gasteiger partial charge on any atom is 0.322 e. The minimum atomic E-state index is -0.473. The van der Waals surface area contributed by atoms with E-state index < -0.39 is 5.91 Å². The molecule has 0 saturated heterocycles. The molecular formula is C21H19N3O4. The molecule has 2 aromatic carbocycles. The van der Waals surface area contributed by atoms with E-state index in [1.807, 2.05) is 18.2 Å². The zero-order chi connectivity index (χ0) is 19.7. The highest BCUT2D eigenvalue weighted by molar-refractivity contribution is 6.04. The van der Waals surface area contributed by atoms with Gasteiger partial charge in [0, 0.05) is 5.39 Å². The van der Waals surface area contributed by atoms with Gasteiger partial charge in [-0.25, -0.2) is 0 Å². The number of furan rings is 1. The molecule has 4 rings (SSSR count). The number of ether oxygens (including phenoxy) is 1. The number of methoxy groups -OCH3 is 1. The molecule has 0 aliphatic rings. The standard InChI is InChI=1S/C21H19N3O4/c1-12-7-8-14(9-13(12)2)10-18-23-24-21(28-18)22-20(25)17-11-15-5-4-6-16(26-3)19(15)27-17/h4-9,11H,10H2,1-3H3,(H,22,24,25). The maximum absolute atomic E-state index is 12.5. The molecule has 28 heavy (non-hydrogen) atoms. The van der Waals surface area contributed by atoms with Gasteiger partial charge >= 0.3 is 6.01 Å². The van der Waals surface area contributed by atoms with Gasteiger partial charge in [0.05, 0.1) is 13.5 Å². The summed E-state index contributed by atoms with van der Waals surface area (Å²) >= 11 is 0. The van der Waals surface area contributed by atoms with Crippen LogP contribution in [0.4, 0.5) is 6.01 Å². The molecule has 0 saturated carbocycles. The number of hydrogen-bond acceptors (Lipinski definition) is 6. The minimum Gasteiger partial charge on any atom is -0.493 e. The number of nitrogens with zero attached hydrogens (tertiary/aromatic N) is 2. The molecule has 0 atom stereocenters. The van der Waals surface area contributed by atoms with Crippen LogP contribution in [0.5, 0.6) is 5.75 Å². The van der Waals surface area contributed by atoms with Gasteiger partial charge in [0.1, 0.15) is 0 Å². The van der Waals surface area contributed by atoms with Crippen LogP contribution in [-0.2, 0) is 6.42 Å². The maximum atomic E-state index is 12.5. The second-order valence-corrected chi connectivity index (χ2v) is 6.54. The summed E-state index contributed by atoms with van der Waals surface area (Å²) in [6.07, 6.45) is 0.492. The molecular weight excluding hydrogens is 358 g/mol. The van der Waals surface area contributed by atoms with Crippen LogP contribution in [0.25, 0.3) is 11.0 Å². The smallest absolute Gasteiger partial charge is 0.322 e. The van der Waals surface area contributed by atoms with Gasteiger partial charge < -0.3 is 13.6 Å². The fourth-order valence-electron chi connectivity index (χ4n) is 2.93. The third-order valence-electron chi connectivity index (χ3n) is 4.57. The lowest BCUT2D eigenvalue weighted by Gasteiger charge is -2.02. The Hall–Kier alpha value is -3.61. The van der Waals surface area contributed by atoms with Crippen molar-refractivity contribution in [2.45, 2.75) is 20.3 Å². The van der Waals surface area contributed by atoms with E-state index in [1.165, 1.54) is 11.1 Å². The predicted octanol–water partition coefficient (Wildman–Crippen LogP) is 4.28. The summed E-state index contributed by atoms with van der Waals surface area (Å²) < 4.78 is 16.4. The lowest BCUT2D eigenvalue weighted by atomic mass is 10.0. The molecule has 0 fully saturated rings. The molecule has 2 aromatic heterocycles. The highest BCUT2D eigenvalue weighted by Crippen LogP contribution is 2.28. The summed E-state index contributed by atoms with van der Waals surface area (Å²) in [7, 11) is 1.55. The fraction of sp³-hybridized carbons (Fsp3) is 0.190. The molecule has 7 heteroatoms. The average Bonchev–Trinajstić information content (AvgIpc) is 3.31. The van der Waals surface area contributed by atoms with Crippen LogP contribution in [0.15, 0.2) is 51.3 Å². The van der Waals surface area contributed by atoms with Gasteiger partial charge in [-0.05, 0) is 42.7 Å². The topological polar surface area (TPSA) is 90.4 Å². The number of carbonyl (C=O) groups is 1. The zero-order valence-corrected chi connectivity index (χ0v) is 15.8. The quantitative estimate of drug-likeness (QED) is 0.558. The number of nitrogens with one attached hydrogen (secondary N) is 1. The molecule has 1 amide bonds. The van der Waals surface area contributed by atoms with Crippen molar-refractivity contribution >= 4 is 22.9 Å². The number of hydrogen-bond donors (Lipinski definition) is 1. The summed E-state index contributed by atoms with van der Waals surface area (Å²) in [6.45, 7) is 4.12. The van der Waals surface area contributed by atoms with Gasteiger partial charge in [-0.3, -0.25) is 10.1 Å². The lowest BCUT2D eigenvalue weighted by Crippen LogP contribution is -2.11. The van der Waals surface area contributed by atoms with Crippen molar-refractivity contribution in [2.24, 2.45) is 0 Å². The van der Waals surface area contributed by atoms with Gasteiger partial charge in [-0.2, -0.15) is 0 Å². The Morgan fingerprint density at radius 3 is 2.71 bits per heavy atom. The van der Waals surface area contributed by atoms with E-state index in [0.29, 0.717) is 23.6 Å². The Morgan fingerprint density at radius 2 is 1.93 bits per heavy atom. The Balaban J connectivity index is 1.49. The van der Waals surface area contributed by atoms with Crippen molar-refractivity contribution in [2.75, 3.05) is 12.4 Å². The number of fused-ring (bicyclic) bond motifs is 1. The molecule has 142 valence electrons. The number of amides is 1. The van der Waals surface area contributed by atoms with Crippen LogP contribution in [0.1, 0.15) is 33.1 Å². The normalized spacial score (nSPS) is 11.0. The third-order valence-corrected chi connectivity index (χ3v) is 4.57. The van der Waals surface area contributed by atoms with E-state index in [0.717, 1.165) is 10.9 Å². The average molecular weight is 377 g/mol. The number of carbonyl (C=O) groups excluding carboxylic acids is 1. The van der Waals surface area contributed by atoms with E-state index in [2.05, 4.69) is 41.5 Å². The van der Waals surface area contributed by atoms with Gasteiger partial charge in [0.25, 0.3) is 5.91 Å². The first kappa shape index (κ1) is 17.8. The Labute approximate surface area is 161 Å². The van der Waals surface area contributed by atoms with Crippen molar-refractivity contribution in [1.82, 2.24) is 10.2 Å². The lowest BCUT2D eigenvalue weighted by molar-refractivity contribution is 0.0995. The molecule has 0 bridgehead atoms. The molecule has 0 radical (unpaired) electrons. The summed E-state index contributed by atoms with van der Waals surface area (Å²) in [5.41, 5.74) is 4.00. The molecule has 0 spiro atoms. The van der Waals surface area contributed by atoms with Gasteiger partial charge in [0.2, 0.25) is 5.89 Å². The van der Waals surface area contributed by atoms with Crippen molar-refractivity contribution in [3.63, 3.8) is 0 Å². The van der Waals surface area contributed by atoms with E-state index in [9.17, 15) is 4.79 Å². The SMILES string of the molecule is COc1cccc2cc(C(=O)Nc3nnc(Cc4ccc(C)c(C)c4)o3)oc12. The first-order chi connectivity index (χ1) is 13.5. The largest absolute Gasteiger partial charge is 0.493 e. The van der Waals surface area contributed by atoms with Crippen LogP contribution in [0, 0.1) is 13.8 Å². The second kappa shape index (κ2) is 7.19. The summed E-state index contributed by atoms with van der Waals surface area (Å²) in [5.74, 6) is 0.642. The van der Waals surface area contributed by atoms with Crippen LogP contribution in [0.2, 0.25) is 0 Å². The first-order valence-electron chi connectivity index (χ1n) is 8.80. The van der Waals surface area contributed by atoms with Crippen LogP contribution in [-0.4, -0.2) is 23.2 Å². The molecule has 2 heterocycles. The molecule has 7 nitrogen and oxygen atoms in total. The minimum absolute atomic E-state index is 0.0243. The Bertz CT molecular complexity index is 1160. The van der Waals surface area contributed by atoms with Crippen LogP contribution >= 0.6 is 0 Å². The number of para-hydroxylation sites is 1. The van der Waals surface area contributed by atoms with E-state index in [-0.39, 0.29) is 11.8 Å². The number of aryl methyl sites for hydroxylation is 2. The van der Waals surface area contributed by atoms with Gasteiger partial charge in [0.15, 0.2) is 17.1 Å². The fourth-order valence-corrected chi connectivity index (χ4v) is 2.93. The van der Waals surface area contributed by atoms with Crippen molar-refractivity contribution < 1.29 is 18.4 Å². The Morgan fingerprint density at radius 1 is 1.07 bits per heavy atom. The van der Waals surface area contributed by atoms with Crippen molar-refractivity contribution in [3.05, 3.63) is 70.8 Å². The number of aromatic nitrogens is 2. The summed E-state index contributed by atoms with van der Waals surface area (Å²) in [6, 6.07) is 13.3. The van der Waals surface area contributed by atoms with Crippen molar-refractivity contribution in [3.8, 4) is 5.75 Å². The van der Waals surface area contributed by atoms with E-state index in [4.69, 9.17) is 13.6 Å². The van der Waals surface area contributed by atoms with E-state index >= 15 is 0 Å². The Kier molecular flexibility index (Phi) is 4.57. The van der Waals surface area contributed by atoms with E-state index in [1.54, 1.807) is 19.2 Å². The van der Waals surface area contributed by atoms with Crippen LogP contribution in [0.3, 0.4) is 0 Å². The molecule has 4 aromatic rings. The zero-order valence-electron chi connectivity index (χ0n) is 15.8. The molecule has 0 aliphatic heterocycles. The highest BCUT2D eigenvalue weighted by Gasteiger charge is 2.17. The number of anilines is 1. The summed E-state index contributed by atoms with van der Waals surface area (Å²) in [5, 5.41) is 11.2. The first-order valence-corrected chi connectivity index (χ1v) is 8.80. The summed E-state index contributed by atoms with van der Waals surface area (Å²) in [4.78, 5) is 12.5. The molecule has 0 unspecified atom stereocenters. The molecule has 1 N–H and O–H groups in total.